The Morgan fingerprint density at radius 2 is 1.08 bits per heavy atom. The van der Waals surface area contributed by atoms with E-state index in [0.29, 0.717) is 5.75 Å². The third kappa shape index (κ3) is 8.42. The van der Waals surface area contributed by atoms with Crippen molar-refractivity contribution in [2.24, 2.45) is 0 Å². The Hall–Kier alpha value is -1.96. The highest BCUT2D eigenvalue weighted by Crippen LogP contribution is 2.20. The van der Waals surface area contributed by atoms with Gasteiger partial charge in [-0.2, -0.15) is 0 Å². The molecule has 0 heterocycles. The first-order valence-corrected chi connectivity index (χ1v) is 10.4. The van der Waals surface area contributed by atoms with Gasteiger partial charge in [0.1, 0.15) is 5.75 Å². The zero-order chi connectivity index (χ0) is 18.5. The molecule has 0 radical (unpaired) electrons. The fraction of sp³-hybridized carbons (Fsp3) is 0.500. The Morgan fingerprint density at radius 1 is 0.615 bits per heavy atom. The number of phenolic OH excluding ortho intramolecular Hbond substituents is 1. The highest BCUT2D eigenvalue weighted by Gasteiger charge is 1.98. The lowest BCUT2D eigenvalue weighted by Crippen LogP contribution is -1.91. The van der Waals surface area contributed by atoms with Gasteiger partial charge in [-0.15, -0.1) is 0 Å². The number of anilines is 2. The number of hydrogen-bond acceptors (Lipinski definition) is 2. The van der Waals surface area contributed by atoms with Gasteiger partial charge in [0.2, 0.25) is 0 Å². The first kappa shape index (κ1) is 20.4. The topological polar surface area (TPSA) is 32.3 Å². The minimum Gasteiger partial charge on any atom is -0.508 e. The van der Waals surface area contributed by atoms with Crippen LogP contribution in [-0.4, -0.2) is 5.11 Å². The molecule has 142 valence electrons. The van der Waals surface area contributed by atoms with Gasteiger partial charge < -0.3 is 10.4 Å². The average molecular weight is 354 g/mol. The number of unbranched alkanes of at least 4 members (excludes halogenated alkanes) is 9. The van der Waals surface area contributed by atoms with Crippen molar-refractivity contribution in [1.82, 2.24) is 0 Å². The van der Waals surface area contributed by atoms with Gasteiger partial charge in [-0.3, -0.25) is 0 Å². The second-order valence-corrected chi connectivity index (χ2v) is 7.30. The van der Waals surface area contributed by atoms with Crippen LogP contribution in [0, 0.1) is 0 Å². The van der Waals surface area contributed by atoms with E-state index in [0.717, 1.165) is 11.4 Å². The number of aromatic hydroxyl groups is 1. The third-order valence-corrected chi connectivity index (χ3v) is 4.93. The van der Waals surface area contributed by atoms with Crippen molar-refractivity contribution in [1.29, 1.82) is 0 Å². The van der Waals surface area contributed by atoms with E-state index in [1.54, 1.807) is 12.1 Å². The predicted molar refractivity (Wildman–Crippen MR) is 113 cm³/mol. The summed E-state index contributed by atoms with van der Waals surface area (Å²) in [6, 6.07) is 15.9. The van der Waals surface area contributed by atoms with Crippen LogP contribution in [0.4, 0.5) is 11.4 Å². The largest absolute Gasteiger partial charge is 0.508 e. The molecule has 2 aromatic rings. The molecule has 0 saturated carbocycles. The summed E-state index contributed by atoms with van der Waals surface area (Å²) >= 11 is 0. The number of benzene rings is 2. The first-order valence-electron chi connectivity index (χ1n) is 10.4. The highest BCUT2D eigenvalue weighted by atomic mass is 16.3. The Balaban J connectivity index is 1.55. The monoisotopic (exact) mass is 353 g/mol. The summed E-state index contributed by atoms with van der Waals surface area (Å²) in [7, 11) is 0. The van der Waals surface area contributed by atoms with Crippen LogP contribution in [0.5, 0.6) is 5.75 Å². The molecule has 2 rings (SSSR count). The first-order chi connectivity index (χ1) is 12.8. The predicted octanol–water partition coefficient (Wildman–Crippen LogP) is 7.60. The van der Waals surface area contributed by atoms with Crippen molar-refractivity contribution in [3.05, 3.63) is 54.1 Å². The van der Waals surface area contributed by atoms with E-state index in [9.17, 15) is 5.11 Å². The molecule has 0 aromatic heterocycles. The maximum Gasteiger partial charge on any atom is 0.115 e. The summed E-state index contributed by atoms with van der Waals surface area (Å²) < 4.78 is 0. The third-order valence-electron chi connectivity index (χ3n) is 4.93. The normalized spacial score (nSPS) is 10.8. The fourth-order valence-corrected chi connectivity index (χ4v) is 3.28. The summed E-state index contributed by atoms with van der Waals surface area (Å²) in [5.74, 6) is 0.294. The molecule has 0 saturated heterocycles. The fourth-order valence-electron chi connectivity index (χ4n) is 3.28. The van der Waals surface area contributed by atoms with Gasteiger partial charge in [-0.05, 0) is 54.8 Å². The van der Waals surface area contributed by atoms with Gasteiger partial charge in [0.25, 0.3) is 0 Å². The van der Waals surface area contributed by atoms with Gasteiger partial charge in [-0.25, -0.2) is 0 Å². The molecule has 0 aliphatic carbocycles. The van der Waals surface area contributed by atoms with E-state index >= 15 is 0 Å². The molecule has 0 amide bonds. The molecule has 0 fully saturated rings. The molecular formula is C24H35NO. The molecular weight excluding hydrogens is 318 g/mol. The van der Waals surface area contributed by atoms with Gasteiger partial charge >= 0.3 is 0 Å². The molecule has 0 aliphatic heterocycles. The zero-order valence-corrected chi connectivity index (χ0v) is 16.3. The summed E-state index contributed by atoms with van der Waals surface area (Å²) in [5.41, 5.74) is 3.49. The van der Waals surface area contributed by atoms with Crippen LogP contribution < -0.4 is 5.32 Å². The molecule has 0 atom stereocenters. The summed E-state index contributed by atoms with van der Waals surface area (Å²) in [5, 5.41) is 12.7. The van der Waals surface area contributed by atoms with E-state index in [4.69, 9.17) is 0 Å². The average Bonchev–Trinajstić information content (AvgIpc) is 2.66. The molecule has 0 spiro atoms. The lowest BCUT2D eigenvalue weighted by molar-refractivity contribution is 0.475. The van der Waals surface area contributed by atoms with Crippen LogP contribution in [0.25, 0.3) is 0 Å². The molecule has 2 heteroatoms. The van der Waals surface area contributed by atoms with Crippen molar-refractivity contribution < 1.29 is 5.11 Å². The summed E-state index contributed by atoms with van der Waals surface area (Å²) in [6.07, 6.45) is 15.1. The van der Waals surface area contributed by atoms with E-state index in [2.05, 4.69) is 36.5 Å². The minimum atomic E-state index is 0.294. The Morgan fingerprint density at radius 3 is 1.62 bits per heavy atom. The van der Waals surface area contributed by atoms with Crippen molar-refractivity contribution in [3.63, 3.8) is 0 Å². The van der Waals surface area contributed by atoms with Crippen LogP contribution in [-0.2, 0) is 6.42 Å². The van der Waals surface area contributed by atoms with Crippen molar-refractivity contribution in [3.8, 4) is 5.75 Å². The van der Waals surface area contributed by atoms with E-state index in [1.807, 2.05) is 12.1 Å². The number of hydrogen-bond donors (Lipinski definition) is 2. The smallest absolute Gasteiger partial charge is 0.115 e. The number of phenols is 1. The van der Waals surface area contributed by atoms with Crippen molar-refractivity contribution >= 4 is 11.4 Å². The van der Waals surface area contributed by atoms with E-state index < -0.39 is 0 Å². The SMILES string of the molecule is CCCCCCCCCCCCc1ccc(Nc2ccc(O)cc2)cc1. The van der Waals surface area contributed by atoms with Gasteiger partial charge in [0.15, 0.2) is 0 Å². The summed E-state index contributed by atoms with van der Waals surface area (Å²) in [4.78, 5) is 0. The van der Waals surface area contributed by atoms with Crippen LogP contribution in [0.2, 0.25) is 0 Å². The molecule has 26 heavy (non-hydrogen) atoms. The number of aryl methyl sites for hydroxylation is 1. The molecule has 2 N–H and O–H groups in total. The Kier molecular flexibility index (Phi) is 9.71. The minimum absolute atomic E-state index is 0.294. The Labute approximate surface area is 159 Å². The van der Waals surface area contributed by atoms with Crippen LogP contribution in [0.15, 0.2) is 48.5 Å². The second-order valence-electron chi connectivity index (χ2n) is 7.30. The highest BCUT2D eigenvalue weighted by molar-refractivity contribution is 5.60. The number of nitrogens with one attached hydrogen (secondary N) is 1. The molecule has 2 aromatic carbocycles. The van der Waals surface area contributed by atoms with Gasteiger partial charge in [-0.1, -0.05) is 76.8 Å². The molecule has 2 nitrogen and oxygen atoms in total. The Bertz CT molecular complexity index is 589. The molecule has 0 bridgehead atoms. The second kappa shape index (κ2) is 12.4. The maximum absolute atomic E-state index is 9.33. The van der Waals surface area contributed by atoms with Crippen LogP contribution in [0.3, 0.4) is 0 Å². The maximum atomic E-state index is 9.33. The van der Waals surface area contributed by atoms with Gasteiger partial charge in [0.05, 0.1) is 0 Å². The standard InChI is InChI=1S/C24H35NO/c1-2-3-4-5-6-7-8-9-10-11-12-21-13-15-22(16-14-21)25-23-17-19-24(26)20-18-23/h13-20,25-26H,2-12H2,1H3. The zero-order valence-electron chi connectivity index (χ0n) is 16.3. The lowest BCUT2D eigenvalue weighted by Gasteiger charge is -2.08. The van der Waals surface area contributed by atoms with Crippen molar-refractivity contribution in [2.45, 2.75) is 77.6 Å². The molecule has 0 aliphatic rings. The van der Waals surface area contributed by atoms with E-state index in [-0.39, 0.29) is 0 Å². The summed E-state index contributed by atoms with van der Waals surface area (Å²) in [6.45, 7) is 2.28. The van der Waals surface area contributed by atoms with Gasteiger partial charge in [0, 0.05) is 11.4 Å². The lowest BCUT2D eigenvalue weighted by atomic mass is 10.0. The van der Waals surface area contributed by atoms with Crippen molar-refractivity contribution in [2.75, 3.05) is 5.32 Å². The van der Waals surface area contributed by atoms with E-state index in [1.165, 1.54) is 76.2 Å². The van der Waals surface area contributed by atoms with Crippen LogP contribution in [0.1, 0.15) is 76.7 Å². The van der Waals surface area contributed by atoms with Crippen LogP contribution >= 0.6 is 0 Å². The molecule has 0 unspecified atom stereocenters. The quantitative estimate of drug-likeness (QED) is 0.287. The number of rotatable bonds is 13.